The van der Waals surface area contributed by atoms with Crippen molar-refractivity contribution in [3.63, 3.8) is 0 Å². The van der Waals surface area contributed by atoms with E-state index in [4.69, 9.17) is 4.74 Å². The van der Waals surface area contributed by atoms with Crippen LogP contribution in [0, 0.1) is 5.41 Å². The van der Waals surface area contributed by atoms with Gasteiger partial charge in [0.2, 0.25) is 0 Å². The second-order valence-electron chi connectivity index (χ2n) is 6.82. The zero-order valence-corrected chi connectivity index (χ0v) is 13.6. The Bertz CT molecular complexity index is 392. The van der Waals surface area contributed by atoms with Crippen LogP contribution in [-0.4, -0.2) is 58.5 Å². The van der Waals surface area contributed by atoms with E-state index in [2.05, 4.69) is 12.2 Å². The van der Waals surface area contributed by atoms with Crippen molar-refractivity contribution < 1.29 is 13.7 Å². The van der Waals surface area contributed by atoms with E-state index >= 15 is 0 Å². The van der Waals surface area contributed by atoms with Crippen molar-refractivity contribution in [3.8, 4) is 0 Å². The summed E-state index contributed by atoms with van der Waals surface area (Å²) in [5.74, 6) is 0.570. The highest BCUT2D eigenvalue weighted by Gasteiger charge is 2.33. The summed E-state index contributed by atoms with van der Waals surface area (Å²) in [6.45, 7) is 9.57. The molecule has 2 unspecified atom stereocenters. The maximum atomic E-state index is 12.2. The Morgan fingerprint density at radius 1 is 1.30 bits per heavy atom. The minimum atomic E-state index is -0.861. The third kappa shape index (κ3) is 3.73. The highest BCUT2D eigenvalue weighted by molar-refractivity contribution is 7.86. The van der Waals surface area contributed by atoms with Gasteiger partial charge >= 0.3 is 6.03 Å². The lowest BCUT2D eigenvalue weighted by Crippen LogP contribution is -2.45. The number of carbonyl (C=O) groups excluding carboxylic acids is 1. The summed E-state index contributed by atoms with van der Waals surface area (Å²) in [5, 5.41) is 3.01. The number of ether oxygens (including phenoxy) is 1. The van der Waals surface area contributed by atoms with Gasteiger partial charge in [0.25, 0.3) is 0 Å². The molecule has 2 rings (SSSR count). The molecule has 2 aliphatic heterocycles. The normalized spacial score (nSPS) is 33.8. The lowest BCUT2D eigenvalue weighted by molar-refractivity contribution is 0.154. The third-order valence-corrected chi connectivity index (χ3v) is 6.39. The van der Waals surface area contributed by atoms with Crippen LogP contribution >= 0.6 is 0 Å². The van der Waals surface area contributed by atoms with Gasteiger partial charge in [-0.2, -0.15) is 0 Å². The molecule has 116 valence electrons. The summed E-state index contributed by atoms with van der Waals surface area (Å²) < 4.78 is 17.3. The number of nitrogens with zero attached hydrogens (tertiary/aromatic N) is 1. The average molecular weight is 302 g/mol. The summed E-state index contributed by atoms with van der Waals surface area (Å²) >= 11 is 0. The van der Waals surface area contributed by atoms with Crippen molar-refractivity contribution in [2.24, 2.45) is 5.41 Å². The number of urea groups is 1. The number of carbonyl (C=O) groups is 1. The van der Waals surface area contributed by atoms with Crippen LogP contribution in [0.3, 0.4) is 0 Å². The van der Waals surface area contributed by atoms with Gasteiger partial charge in [-0.05, 0) is 26.7 Å². The molecule has 2 aliphatic rings. The molecule has 5 nitrogen and oxygen atoms in total. The fraction of sp³-hybridized carbons (Fsp3) is 0.929. The van der Waals surface area contributed by atoms with Gasteiger partial charge in [0.05, 0.1) is 6.61 Å². The Kier molecular flexibility index (Phi) is 4.74. The SMILES string of the molecule is CC1(CNC(=O)N2CCS(=O)C(C)(C)CC2)CCOC1. The van der Waals surface area contributed by atoms with E-state index in [1.807, 2.05) is 13.8 Å². The predicted molar refractivity (Wildman–Crippen MR) is 80.2 cm³/mol. The molecule has 0 aliphatic carbocycles. The molecule has 20 heavy (non-hydrogen) atoms. The minimum Gasteiger partial charge on any atom is -0.381 e. The predicted octanol–water partition coefficient (Wildman–Crippen LogP) is 1.36. The van der Waals surface area contributed by atoms with Gasteiger partial charge in [0, 0.05) is 53.0 Å². The Hall–Kier alpha value is -0.620. The standard InChI is InChI=1S/C14H26N2O3S/c1-13(2)4-6-16(7-9-20(13)18)12(17)15-10-14(3)5-8-19-11-14/h4-11H2,1-3H3,(H,15,17). The number of hydrogen-bond acceptors (Lipinski definition) is 3. The van der Waals surface area contributed by atoms with Crippen LogP contribution in [0.15, 0.2) is 0 Å². The summed E-state index contributed by atoms with van der Waals surface area (Å²) in [4.78, 5) is 14.0. The fourth-order valence-corrected chi connectivity index (χ4v) is 3.81. The first-order valence-electron chi connectivity index (χ1n) is 7.31. The fourth-order valence-electron chi connectivity index (χ4n) is 2.55. The van der Waals surface area contributed by atoms with Crippen LogP contribution < -0.4 is 5.32 Å². The summed E-state index contributed by atoms with van der Waals surface area (Å²) in [7, 11) is -0.861. The van der Waals surface area contributed by atoms with Gasteiger partial charge in [-0.25, -0.2) is 4.79 Å². The molecule has 6 heteroatoms. The monoisotopic (exact) mass is 302 g/mol. The molecule has 2 atom stereocenters. The largest absolute Gasteiger partial charge is 0.381 e. The molecule has 0 aromatic carbocycles. The van der Waals surface area contributed by atoms with Crippen LogP contribution in [0.2, 0.25) is 0 Å². The molecule has 2 saturated heterocycles. The van der Waals surface area contributed by atoms with Gasteiger partial charge < -0.3 is 15.0 Å². The Morgan fingerprint density at radius 2 is 2.05 bits per heavy atom. The van der Waals surface area contributed by atoms with Crippen molar-refractivity contribution >= 4 is 16.8 Å². The molecule has 0 radical (unpaired) electrons. The maximum absolute atomic E-state index is 12.2. The molecule has 0 bridgehead atoms. The van der Waals surface area contributed by atoms with E-state index in [1.165, 1.54) is 0 Å². The van der Waals surface area contributed by atoms with E-state index in [-0.39, 0.29) is 16.2 Å². The van der Waals surface area contributed by atoms with Gasteiger partial charge in [-0.3, -0.25) is 4.21 Å². The van der Waals surface area contributed by atoms with E-state index < -0.39 is 10.8 Å². The van der Waals surface area contributed by atoms with Crippen molar-refractivity contribution in [3.05, 3.63) is 0 Å². The van der Waals surface area contributed by atoms with Gasteiger partial charge in [0.15, 0.2) is 0 Å². The third-order valence-electron chi connectivity index (χ3n) is 4.40. The smallest absolute Gasteiger partial charge is 0.317 e. The van der Waals surface area contributed by atoms with Crippen molar-refractivity contribution in [1.82, 2.24) is 10.2 Å². The van der Waals surface area contributed by atoms with Crippen LogP contribution in [0.25, 0.3) is 0 Å². The molecule has 0 saturated carbocycles. The number of amides is 2. The van der Waals surface area contributed by atoms with E-state index in [1.54, 1.807) is 4.90 Å². The summed E-state index contributed by atoms with van der Waals surface area (Å²) in [6, 6.07) is -0.0344. The van der Waals surface area contributed by atoms with Crippen LogP contribution in [0.4, 0.5) is 4.79 Å². The number of rotatable bonds is 2. The molecular weight excluding hydrogens is 276 g/mol. The Balaban J connectivity index is 1.85. The van der Waals surface area contributed by atoms with Crippen LogP contribution in [0.1, 0.15) is 33.6 Å². The number of nitrogens with one attached hydrogen (secondary N) is 1. The molecule has 2 fully saturated rings. The van der Waals surface area contributed by atoms with E-state index in [0.717, 1.165) is 19.4 Å². The first-order valence-corrected chi connectivity index (χ1v) is 8.63. The summed E-state index contributed by atoms with van der Waals surface area (Å²) in [5.41, 5.74) is 0.0591. The molecule has 2 amide bonds. The van der Waals surface area contributed by atoms with Gasteiger partial charge in [-0.15, -0.1) is 0 Å². The molecule has 0 spiro atoms. The molecule has 0 aromatic rings. The molecule has 1 N–H and O–H groups in total. The zero-order chi connectivity index (χ0) is 14.8. The maximum Gasteiger partial charge on any atom is 0.317 e. The Labute approximate surface area is 123 Å². The van der Waals surface area contributed by atoms with Gasteiger partial charge in [0.1, 0.15) is 0 Å². The van der Waals surface area contributed by atoms with Crippen LogP contribution in [-0.2, 0) is 15.5 Å². The van der Waals surface area contributed by atoms with E-state index in [0.29, 0.717) is 32.0 Å². The lowest BCUT2D eigenvalue weighted by atomic mass is 9.90. The highest BCUT2D eigenvalue weighted by atomic mass is 32.2. The van der Waals surface area contributed by atoms with Crippen molar-refractivity contribution in [1.29, 1.82) is 0 Å². The van der Waals surface area contributed by atoms with E-state index in [9.17, 15) is 9.00 Å². The summed E-state index contributed by atoms with van der Waals surface area (Å²) in [6.07, 6.45) is 1.78. The van der Waals surface area contributed by atoms with Crippen molar-refractivity contribution in [2.45, 2.75) is 38.4 Å². The molecule has 0 aromatic heterocycles. The van der Waals surface area contributed by atoms with Crippen molar-refractivity contribution in [2.75, 3.05) is 38.6 Å². The highest BCUT2D eigenvalue weighted by Crippen LogP contribution is 2.27. The second-order valence-corrected chi connectivity index (χ2v) is 9.02. The number of hydrogen-bond donors (Lipinski definition) is 1. The Morgan fingerprint density at radius 3 is 2.70 bits per heavy atom. The quantitative estimate of drug-likeness (QED) is 0.838. The topological polar surface area (TPSA) is 58.6 Å². The average Bonchev–Trinajstić information content (AvgIpc) is 2.77. The zero-order valence-electron chi connectivity index (χ0n) is 12.7. The lowest BCUT2D eigenvalue weighted by Gasteiger charge is -2.26. The first kappa shape index (κ1) is 15.8. The minimum absolute atomic E-state index is 0.0344. The first-order chi connectivity index (χ1) is 9.32. The second kappa shape index (κ2) is 6.02. The molecule has 2 heterocycles. The van der Waals surface area contributed by atoms with Crippen LogP contribution in [0.5, 0.6) is 0 Å². The van der Waals surface area contributed by atoms with Gasteiger partial charge in [-0.1, -0.05) is 6.92 Å². The molecular formula is C14H26N2O3S.